The summed E-state index contributed by atoms with van der Waals surface area (Å²) >= 11 is 9.21. The Labute approximate surface area is 141 Å². The second-order valence-electron chi connectivity index (χ2n) is 4.45. The molecule has 2 aromatic rings. The van der Waals surface area contributed by atoms with Crippen LogP contribution in [0.1, 0.15) is 15.9 Å². The first kappa shape index (κ1) is 16.5. The summed E-state index contributed by atoms with van der Waals surface area (Å²) < 4.78 is 5.80. The van der Waals surface area contributed by atoms with Crippen molar-refractivity contribution in [2.45, 2.75) is 6.61 Å². The van der Waals surface area contributed by atoms with Crippen LogP contribution < -0.4 is 5.32 Å². The zero-order chi connectivity index (χ0) is 15.9. The average Bonchev–Trinajstić information content (AvgIpc) is 2.54. The first-order valence-electron chi connectivity index (χ1n) is 6.49. The highest BCUT2D eigenvalue weighted by Crippen LogP contribution is 2.20. The number of benzene rings is 2. The summed E-state index contributed by atoms with van der Waals surface area (Å²) in [6, 6.07) is 14.2. The van der Waals surface area contributed by atoms with Gasteiger partial charge in [0, 0.05) is 4.47 Å². The van der Waals surface area contributed by atoms with Gasteiger partial charge in [0.1, 0.15) is 13.2 Å². The molecule has 0 atom stereocenters. The van der Waals surface area contributed by atoms with Gasteiger partial charge in [0.15, 0.2) is 0 Å². The maximum absolute atomic E-state index is 12.0. The molecule has 0 aliphatic heterocycles. The Hall–Kier alpha value is -1.85. The zero-order valence-corrected chi connectivity index (χ0v) is 13.9. The maximum atomic E-state index is 12.0. The molecule has 4 nitrogen and oxygen atoms in total. The third kappa shape index (κ3) is 4.86. The van der Waals surface area contributed by atoms with Gasteiger partial charge in [0.25, 0.3) is 5.91 Å². The molecule has 0 spiro atoms. The highest BCUT2D eigenvalue weighted by molar-refractivity contribution is 9.10. The van der Waals surface area contributed by atoms with Crippen molar-refractivity contribution in [3.05, 3.63) is 69.2 Å². The number of carbonyl (C=O) groups excluding carboxylic acids is 2. The van der Waals surface area contributed by atoms with E-state index in [9.17, 15) is 9.59 Å². The monoisotopic (exact) mass is 381 g/mol. The molecule has 22 heavy (non-hydrogen) atoms. The van der Waals surface area contributed by atoms with E-state index in [-0.39, 0.29) is 13.2 Å². The van der Waals surface area contributed by atoms with E-state index in [4.69, 9.17) is 16.3 Å². The molecular formula is C16H13BrClNO3. The third-order valence-electron chi connectivity index (χ3n) is 2.81. The van der Waals surface area contributed by atoms with Crippen LogP contribution in [0.4, 0.5) is 0 Å². The number of hydrogen-bond acceptors (Lipinski definition) is 3. The van der Waals surface area contributed by atoms with Crippen LogP contribution in [0.2, 0.25) is 5.02 Å². The molecule has 0 aromatic heterocycles. The van der Waals surface area contributed by atoms with Crippen molar-refractivity contribution in [1.29, 1.82) is 0 Å². The van der Waals surface area contributed by atoms with Crippen molar-refractivity contribution in [1.82, 2.24) is 5.32 Å². The summed E-state index contributed by atoms with van der Waals surface area (Å²) in [4.78, 5) is 23.6. The Balaban J connectivity index is 1.83. The van der Waals surface area contributed by atoms with E-state index >= 15 is 0 Å². The van der Waals surface area contributed by atoms with Gasteiger partial charge in [0.2, 0.25) is 0 Å². The second kappa shape index (κ2) is 7.96. The van der Waals surface area contributed by atoms with Gasteiger partial charge in [-0.3, -0.25) is 9.59 Å². The van der Waals surface area contributed by atoms with Crippen molar-refractivity contribution < 1.29 is 14.3 Å². The van der Waals surface area contributed by atoms with Gasteiger partial charge in [-0.25, -0.2) is 0 Å². The minimum Gasteiger partial charge on any atom is -0.460 e. The number of ether oxygens (including phenoxy) is 1. The van der Waals surface area contributed by atoms with E-state index in [0.717, 1.165) is 10.0 Å². The third-order valence-corrected chi connectivity index (χ3v) is 3.63. The van der Waals surface area contributed by atoms with Gasteiger partial charge in [-0.05, 0) is 23.8 Å². The summed E-state index contributed by atoms with van der Waals surface area (Å²) in [5, 5.41) is 2.80. The fourth-order valence-corrected chi connectivity index (χ4v) is 2.27. The average molecular weight is 383 g/mol. The number of nitrogens with one attached hydrogen (secondary N) is 1. The van der Waals surface area contributed by atoms with Gasteiger partial charge in [-0.1, -0.05) is 57.9 Å². The van der Waals surface area contributed by atoms with Gasteiger partial charge in [-0.2, -0.15) is 0 Å². The lowest BCUT2D eigenvalue weighted by Gasteiger charge is -2.08. The predicted octanol–water partition coefficient (Wildman–Crippen LogP) is 3.58. The maximum Gasteiger partial charge on any atom is 0.325 e. The minimum atomic E-state index is -0.511. The Kier molecular flexibility index (Phi) is 5.98. The number of hydrogen-bond donors (Lipinski definition) is 1. The SMILES string of the molecule is O=C(CNC(=O)c1cc(Br)ccc1Cl)OCc1ccccc1. The lowest BCUT2D eigenvalue weighted by atomic mass is 10.2. The Bertz CT molecular complexity index is 676. The molecule has 0 radical (unpaired) electrons. The van der Waals surface area contributed by atoms with Crippen molar-refractivity contribution >= 4 is 39.4 Å². The van der Waals surface area contributed by atoms with Crippen molar-refractivity contribution in [3.63, 3.8) is 0 Å². The molecule has 0 aliphatic carbocycles. The topological polar surface area (TPSA) is 55.4 Å². The van der Waals surface area contributed by atoms with Crippen molar-refractivity contribution in [2.75, 3.05) is 6.54 Å². The van der Waals surface area contributed by atoms with Crippen LogP contribution in [0.25, 0.3) is 0 Å². The quantitative estimate of drug-likeness (QED) is 0.804. The van der Waals surface area contributed by atoms with Crippen LogP contribution >= 0.6 is 27.5 Å². The smallest absolute Gasteiger partial charge is 0.325 e. The Morgan fingerprint density at radius 1 is 1.14 bits per heavy atom. The van der Waals surface area contributed by atoms with Crippen LogP contribution in [-0.4, -0.2) is 18.4 Å². The highest BCUT2D eigenvalue weighted by atomic mass is 79.9. The first-order valence-corrected chi connectivity index (χ1v) is 7.66. The Morgan fingerprint density at radius 2 is 1.86 bits per heavy atom. The largest absolute Gasteiger partial charge is 0.460 e. The van der Waals surface area contributed by atoms with Crippen LogP contribution in [0.3, 0.4) is 0 Å². The summed E-state index contributed by atoms with van der Waals surface area (Å²) in [7, 11) is 0. The standard InChI is InChI=1S/C16H13BrClNO3/c17-12-6-7-14(18)13(8-12)16(21)19-9-15(20)22-10-11-4-2-1-3-5-11/h1-8H,9-10H2,(H,19,21). The molecule has 6 heteroatoms. The number of rotatable bonds is 5. The Morgan fingerprint density at radius 3 is 2.59 bits per heavy atom. The van der Waals surface area contributed by atoms with Crippen LogP contribution in [0.15, 0.2) is 53.0 Å². The van der Waals surface area contributed by atoms with E-state index in [2.05, 4.69) is 21.2 Å². The molecule has 2 rings (SSSR count). The van der Waals surface area contributed by atoms with E-state index < -0.39 is 11.9 Å². The fourth-order valence-electron chi connectivity index (χ4n) is 1.71. The molecule has 0 saturated heterocycles. The van der Waals surface area contributed by atoms with Crippen LogP contribution in [-0.2, 0) is 16.1 Å². The molecular weight excluding hydrogens is 370 g/mol. The summed E-state index contributed by atoms with van der Waals surface area (Å²) in [5.74, 6) is -0.939. The second-order valence-corrected chi connectivity index (χ2v) is 5.78. The molecule has 1 amide bonds. The number of halogens is 2. The van der Waals surface area contributed by atoms with Crippen molar-refractivity contribution in [3.8, 4) is 0 Å². The van der Waals surface area contributed by atoms with Gasteiger partial charge >= 0.3 is 5.97 Å². The summed E-state index contributed by atoms with van der Waals surface area (Å²) in [6.45, 7) is -0.0400. The van der Waals surface area contributed by atoms with Crippen LogP contribution in [0.5, 0.6) is 0 Å². The molecule has 0 bridgehead atoms. The predicted molar refractivity (Wildman–Crippen MR) is 87.7 cm³/mol. The van der Waals surface area contributed by atoms with E-state index in [1.807, 2.05) is 30.3 Å². The number of esters is 1. The summed E-state index contributed by atoms with van der Waals surface area (Å²) in [6.07, 6.45) is 0. The molecule has 1 N–H and O–H groups in total. The van der Waals surface area contributed by atoms with Gasteiger partial charge < -0.3 is 10.1 Å². The first-order chi connectivity index (χ1) is 10.6. The number of carbonyl (C=O) groups is 2. The molecule has 0 aliphatic rings. The normalized spacial score (nSPS) is 10.1. The highest BCUT2D eigenvalue weighted by Gasteiger charge is 2.12. The van der Waals surface area contributed by atoms with E-state index in [0.29, 0.717) is 10.6 Å². The lowest BCUT2D eigenvalue weighted by molar-refractivity contribution is -0.143. The molecule has 114 valence electrons. The van der Waals surface area contributed by atoms with E-state index in [1.165, 1.54) is 0 Å². The fraction of sp³-hybridized carbons (Fsp3) is 0.125. The minimum absolute atomic E-state index is 0.174. The lowest BCUT2D eigenvalue weighted by Crippen LogP contribution is -2.30. The van der Waals surface area contributed by atoms with Crippen LogP contribution in [0, 0.1) is 0 Å². The van der Waals surface area contributed by atoms with Gasteiger partial charge in [0.05, 0.1) is 10.6 Å². The molecule has 0 fully saturated rings. The van der Waals surface area contributed by atoms with E-state index in [1.54, 1.807) is 18.2 Å². The molecule has 0 heterocycles. The van der Waals surface area contributed by atoms with Crippen molar-refractivity contribution in [2.24, 2.45) is 0 Å². The molecule has 0 saturated carbocycles. The van der Waals surface area contributed by atoms with Gasteiger partial charge in [-0.15, -0.1) is 0 Å². The zero-order valence-electron chi connectivity index (χ0n) is 11.5. The number of amides is 1. The summed E-state index contributed by atoms with van der Waals surface area (Å²) in [5.41, 5.74) is 1.18. The molecule has 2 aromatic carbocycles. The molecule has 0 unspecified atom stereocenters.